The van der Waals surface area contributed by atoms with Crippen molar-refractivity contribution in [3.8, 4) is 0 Å². The number of fused-ring (bicyclic) bond motifs is 1. The van der Waals surface area contributed by atoms with Crippen LogP contribution in [0.4, 0.5) is 0 Å². The first-order valence-electron chi connectivity index (χ1n) is 7.53. The van der Waals surface area contributed by atoms with Crippen molar-refractivity contribution in [2.24, 2.45) is 5.73 Å². The molecule has 1 aromatic carbocycles. The highest BCUT2D eigenvalue weighted by Gasteiger charge is 2.23. The summed E-state index contributed by atoms with van der Waals surface area (Å²) in [5.74, 6) is 0.512. The molecule has 0 fully saturated rings. The molecule has 0 saturated heterocycles. The molecule has 1 heterocycles. The Morgan fingerprint density at radius 1 is 1.38 bits per heavy atom. The molecule has 21 heavy (non-hydrogen) atoms. The second kappa shape index (κ2) is 6.50. The van der Waals surface area contributed by atoms with Gasteiger partial charge in [0.1, 0.15) is 5.69 Å². The molecule has 0 saturated carbocycles. The van der Waals surface area contributed by atoms with Crippen molar-refractivity contribution < 1.29 is 4.79 Å². The first kappa shape index (κ1) is 14.4. The predicted octanol–water partition coefficient (Wildman–Crippen LogP) is 3.34. The van der Waals surface area contributed by atoms with Crippen LogP contribution in [0.2, 0.25) is 0 Å². The number of ketones is 1. The Bertz CT molecular complexity index is 635. The molecule has 1 aromatic heterocycles. The number of carbonyl (C=O) groups is 1. The zero-order valence-electron chi connectivity index (χ0n) is 12.0. The number of aromatic nitrogens is 1. The lowest BCUT2D eigenvalue weighted by Gasteiger charge is -2.24. The summed E-state index contributed by atoms with van der Waals surface area (Å²) in [6, 6.07) is 8.52. The third-order valence-electron chi connectivity index (χ3n) is 4.12. The van der Waals surface area contributed by atoms with Gasteiger partial charge in [-0.2, -0.15) is 0 Å². The van der Waals surface area contributed by atoms with E-state index < -0.39 is 0 Å². The number of benzene rings is 1. The normalized spacial score (nSPS) is 17.5. The van der Waals surface area contributed by atoms with Gasteiger partial charge < -0.3 is 5.73 Å². The highest BCUT2D eigenvalue weighted by molar-refractivity contribution is 7.09. The maximum absolute atomic E-state index is 12.5. The number of carbonyl (C=O) groups excluding carboxylic acids is 1. The lowest BCUT2D eigenvalue weighted by molar-refractivity contribution is 0.0966. The Labute approximate surface area is 129 Å². The lowest BCUT2D eigenvalue weighted by Crippen LogP contribution is -2.14. The molecule has 110 valence electrons. The summed E-state index contributed by atoms with van der Waals surface area (Å²) in [6.45, 7) is 0.581. The Hall–Kier alpha value is -1.52. The van der Waals surface area contributed by atoms with E-state index in [1.807, 2.05) is 5.38 Å². The third kappa shape index (κ3) is 3.22. The zero-order chi connectivity index (χ0) is 14.7. The number of thiazole rings is 1. The number of hydrogen-bond donors (Lipinski definition) is 1. The van der Waals surface area contributed by atoms with Crippen LogP contribution in [-0.2, 0) is 12.8 Å². The molecule has 3 nitrogen and oxygen atoms in total. The second-order valence-electron chi connectivity index (χ2n) is 5.58. The van der Waals surface area contributed by atoms with Gasteiger partial charge in [-0.3, -0.25) is 4.79 Å². The molecule has 0 amide bonds. The Balaban J connectivity index is 1.73. The van der Waals surface area contributed by atoms with Gasteiger partial charge in [0.15, 0.2) is 5.78 Å². The molecule has 0 bridgehead atoms. The third-order valence-corrected chi connectivity index (χ3v) is 5.03. The SMILES string of the molecule is NCCc1nc(C(=O)CC2CCCc3ccccc32)cs1. The van der Waals surface area contributed by atoms with Crippen molar-refractivity contribution in [1.29, 1.82) is 0 Å². The van der Waals surface area contributed by atoms with Crippen LogP contribution >= 0.6 is 11.3 Å². The summed E-state index contributed by atoms with van der Waals surface area (Å²) in [5.41, 5.74) is 8.91. The van der Waals surface area contributed by atoms with Crippen molar-refractivity contribution in [3.63, 3.8) is 0 Å². The molecule has 2 N–H and O–H groups in total. The van der Waals surface area contributed by atoms with Crippen LogP contribution in [0.25, 0.3) is 0 Å². The first-order valence-corrected chi connectivity index (χ1v) is 8.41. The standard InChI is InChI=1S/C17H20N2OS/c18-9-8-17-19-15(11-21-17)16(20)10-13-6-3-5-12-4-1-2-7-14(12)13/h1-2,4,7,11,13H,3,5-6,8-10,18H2. The highest BCUT2D eigenvalue weighted by atomic mass is 32.1. The summed E-state index contributed by atoms with van der Waals surface area (Å²) < 4.78 is 0. The maximum atomic E-state index is 12.5. The van der Waals surface area contributed by atoms with Gasteiger partial charge in [-0.15, -0.1) is 11.3 Å². The van der Waals surface area contributed by atoms with E-state index in [4.69, 9.17) is 5.73 Å². The van der Waals surface area contributed by atoms with Crippen LogP contribution in [0.1, 0.15) is 51.8 Å². The number of aryl methyl sites for hydroxylation is 1. The number of nitrogens with two attached hydrogens (primary N) is 1. The maximum Gasteiger partial charge on any atom is 0.182 e. The Morgan fingerprint density at radius 2 is 2.24 bits per heavy atom. The van der Waals surface area contributed by atoms with E-state index in [0.717, 1.165) is 24.3 Å². The fourth-order valence-electron chi connectivity index (χ4n) is 3.07. The fraction of sp³-hybridized carbons (Fsp3) is 0.412. The predicted molar refractivity (Wildman–Crippen MR) is 85.9 cm³/mol. The largest absolute Gasteiger partial charge is 0.330 e. The summed E-state index contributed by atoms with van der Waals surface area (Å²) >= 11 is 1.54. The van der Waals surface area contributed by atoms with Crippen molar-refractivity contribution in [3.05, 3.63) is 51.5 Å². The summed E-state index contributed by atoms with van der Waals surface area (Å²) in [7, 11) is 0. The summed E-state index contributed by atoms with van der Waals surface area (Å²) in [6.07, 6.45) is 4.73. The van der Waals surface area contributed by atoms with E-state index in [1.54, 1.807) is 0 Å². The van der Waals surface area contributed by atoms with Gasteiger partial charge in [0.2, 0.25) is 0 Å². The van der Waals surface area contributed by atoms with E-state index >= 15 is 0 Å². The van der Waals surface area contributed by atoms with Crippen molar-refractivity contribution in [1.82, 2.24) is 4.98 Å². The van der Waals surface area contributed by atoms with Crippen molar-refractivity contribution in [2.75, 3.05) is 6.54 Å². The van der Waals surface area contributed by atoms with Crippen LogP contribution in [0.15, 0.2) is 29.6 Å². The van der Waals surface area contributed by atoms with Crippen LogP contribution < -0.4 is 5.73 Å². The van der Waals surface area contributed by atoms with Crippen LogP contribution in [0.5, 0.6) is 0 Å². The molecule has 4 heteroatoms. The second-order valence-corrected chi connectivity index (χ2v) is 6.52. The van der Waals surface area contributed by atoms with E-state index in [1.165, 1.54) is 28.9 Å². The van der Waals surface area contributed by atoms with E-state index in [-0.39, 0.29) is 5.78 Å². The van der Waals surface area contributed by atoms with Gasteiger partial charge in [-0.05, 0) is 42.9 Å². The van der Waals surface area contributed by atoms with Gasteiger partial charge >= 0.3 is 0 Å². The number of hydrogen-bond acceptors (Lipinski definition) is 4. The average molecular weight is 300 g/mol. The summed E-state index contributed by atoms with van der Waals surface area (Å²) in [4.78, 5) is 16.9. The molecule has 2 aromatic rings. The van der Waals surface area contributed by atoms with Gasteiger partial charge in [-0.1, -0.05) is 24.3 Å². The molecular weight excluding hydrogens is 280 g/mol. The molecule has 1 unspecified atom stereocenters. The molecule has 1 aliphatic carbocycles. The molecule has 0 radical (unpaired) electrons. The van der Waals surface area contributed by atoms with Gasteiger partial charge in [-0.25, -0.2) is 4.98 Å². The average Bonchev–Trinajstić information content (AvgIpc) is 2.97. The van der Waals surface area contributed by atoms with Crippen molar-refractivity contribution in [2.45, 2.75) is 38.0 Å². The molecule has 0 spiro atoms. The Kier molecular flexibility index (Phi) is 4.46. The summed E-state index contributed by atoms with van der Waals surface area (Å²) in [5, 5.41) is 2.84. The number of rotatable bonds is 5. The van der Waals surface area contributed by atoms with Crippen LogP contribution in [0.3, 0.4) is 0 Å². The molecule has 1 atom stereocenters. The fourth-order valence-corrected chi connectivity index (χ4v) is 3.89. The molecule has 1 aliphatic rings. The molecule has 0 aliphatic heterocycles. The van der Waals surface area contributed by atoms with Gasteiger partial charge in [0.25, 0.3) is 0 Å². The van der Waals surface area contributed by atoms with Crippen LogP contribution in [-0.4, -0.2) is 17.3 Å². The molecule has 3 rings (SSSR count). The minimum absolute atomic E-state index is 0.163. The van der Waals surface area contributed by atoms with Gasteiger partial charge in [0, 0.05) is 18.2 Å². The van der Waals surface area contributed by atoms with E-state index in [2.05, 4.69) is 29.2 Å². The quantitative estimate of drug-likeness (QED) is 0.862. The van der Waals surface area contributed by atoms with Crippen molar-refractivity contribution >= 4 is 17.1 Å². The first-order chi connectivity index (χ1) is 10.3. The van der Waals surface area contributed by atoms with E-state index in [0.29, 0.717) is 24.6 Å². The monoisotopic (exact) mass is 300 g/mol. The smallest absolute Gasteiger partial charge is 0.182 e. The minimum atomic E-state index is 0.163. The highest BCUT2D eigenvalue weighted by Crippen LogP contribution is 2.34. The molecular formula is C17H20N2OS. The zero-order valence-corrected chi connectivity index (χ0v) is 12.9. The van der Waals surface area contributed by atoms with Gasteiger partial charge in [0.05, 0.1) is 5.01 Å². The Morgan fingerprint density at radius 3 is 3.10 bits per heavy atom. The van der Waals surface area contributed by atoms with E-state index in [9.17, 15) is 4.79 Å². The minimum Gasteiger partial charge on any atom is -0.330 e. The number of nitrogens with zero attached hydrogens (tertiary/aromatic N) is 1. The van der Waals surface area contributed by atoms with Crippen LogP contribution in [0, 0.1) is 0 Å². The number of Topliss-reactive ketones (excluding diaryl/α,β-unsaturated/α-hetero) is 1. The topological polar surface area (TPSA) is 56.0 Å². The lowest BCUT2D eigenvalue weighted by atomic mass is 9.80.